The minimum Gasteiger partial charge on any atom is -0.480 e. The molecule has 1 rings (SSSR count). The number of furan rings is 1. The number of thioether (sulfide) groups is 1. The number of hydrogen-bond donors (Lipinski definition) is 2. The number of nitrogens with one attached hydrogen (secondary N) is 1. The maximum absolute atomic E-state index is 11.8. The van der Waals surface area contributed by atoms with Crippen LogP contribution in [-0.2, 0) is 4.79 Å². The molecule has 1 atom stereocenters. The fourth-order valence-corrected chi connectivity index (χ4v) is 1.99. The van der Waals surface area contributed by atoms with E-state index in [0.717, 1.165) is 0 Å². The van der Waals surface area contributed by atoms with Gasteiger partial charge in [-0.3, -0.25) is 4.79 Å². The Morgan fingerprint density at radius 1 is 1.53 bits per heavy atom. The lowest BCUT2D eigenvalue weighted by Crippen LogP contribution is -2.42. The molecule has 0 aliphatic rings. The molecule has 0 aliphatic heterocycles. The zero-order valence-corrected chi connectivity index (χ0v) is 10.8. The fraction of sp³-hybridized carbons (Fsp3) is 0.455. The van der Waals surface area contributed by atoms with Crippen molar-refractivity contribution >= 4 is 23.6 Å². The van der Waals surface area contributed by atoms with E-state index in [-0.39, 0.29) is 0 Å². The highest BCUT2D eigenvalue weighted by Gasteiger charge is 2.22. The Kier molecular flexibility index (Phi) is 4.62. The van der Waals surface area contributed by atoms with E-state index < -0.39 is 17.9 Å². The molecule has 5 nitrogen and oxygen atoms in total. The summed E-state index contributed by atoms with van der Waals surface area (Å²) in [5.41, 5.74) is 0.384. The van der Waals surface area contributed by atoms with E-state index in [2.05, 4.69) is 5.32 Å². The summed E-state index contributed by atoms with van der Waals surface area (Å²) in [7, 11) is 0. The zero-order chi connectivity index (χ0) is 13.0. The average Bonchev–Trinajstić information content (AvgIpc) is 2.57. The molecule has 1 unspecified atom stereocenters. The lowest BCUT2D eigenvalue weighted by Gasteiger charge is -2.12. The third-order valence-electron chi connectivity index (χ3n) is 2.22. The molecule has 0 aliphatic carbocycles. The van der Waals surface area contributed by atoms with Gasteiger partial charge in [-0.05, 0) is 26.2 Å². The van der Waals surface area contributed by atoms with Gasteiger partial charge in [-0.1, -0.05) is 0 Å². The van der Waals surface area contributed by atoms with Gasteiger partial charge >= 0.3 is 5.97 Å². The smallest absolute Gasteiger partial charge is 0.327 e. The van der Waals surface area contributed by atoms with Crippen LogP contribution in [0.25, 0.3) is 0 Å². The summed E-state index contributed by atoms with van der Waals surface area (Å²) in [6.45, 7) is 3.41. The molecule has 94 valence electrons. The van der Waals surface area contributed by atoms with Gasteiger partial charge in [0, 0.05) is 5.75 Å². The number of carboxylic acids is 1. The molecule has 0 radical (unpaired) electrons. The summed E-state index contributed by atoms with van der Waals surface area (Å²) in [5.74, 6) is 0.000730. The van der Waals surface area contributed by atoms with Crippen LogP contribution in [0.3, 0.4) is 0 Å². The van der Waals surface area contributed by atoms with Gasteiger partial charge in [0.15, 0.2) is 0 Å². The van der Waals surface area contributed by atoms with E-state index >= 15 is 0 Å². The van der Waals surface area contributed by atoms with E-state index in [9.17, 15) is 9.59 Å². The Balaban J connectivity index is 2.77. The molecule has 0 saturated carbocycles. The Bertz CT molecular complexity index is 427. The lowest BCUT2D eigenvalue weighted by molar-refractivity contribution is -0.138. The van der Waals surface area contributed by atoms with Crippen LogP contribution < -0.4 is 5.32 Å². The van der Waals surface area contributed by atoms with Crippen molar-refractivity contribution in [3.63, 3.8) is 0 Å². The monoisotopic (exact) mass is 257 g/mol. The number of aliphatic carboxylic acids is 1. The highest BCUT2D eigenvalue weighted by Crippen LogP contribution is 2.13. The number of aryl methyl sites for hydroxylation is 2. The van der Waals surface area contributed by atoms with E-state index in [1.54, 1.807) is 26.2 Å². The predicted molar refractivity (Wildman–Crippen MR) is 65.5 cm³/mol. The molecule has 0 spiro atoms. The summed E-state index contributed by atoms with van der Waals surface area (Å²) in [4.78, 5) is 22.7. The molecular formula is C11H15NO4S. The maximum Gasteiger partial charge on any atom is 0.327 e. The number of carboxylic acid groups (broad SMARTS) is 1. The Hall–Kier alpha value is -1.43. The van der Waals surface area contributed by atoms with E-state index in [0.29, 0.717) is 22.8 Å². The SMILES string of the molecule is CSCC(NC(=O)c1cc(C)oc1C)C(=O)O. The van der Waals surface area contributed by atoms with Gasteiger partial charge < -0.3 is 14.8 Å². The molecule has 0 saturated heterocycles. The standard InChI is InChI=1S/C11H15NO4S/c1-6-4-8(7(2)16-6)10(13)12-9(5-17-3)11(14)15/h4,9H,5H2,1-3H3,(H,12,13)(H,14,15). The fourth-order valence-electron chi connectivity index (χ4n) is 1.43. The minimum atomic E-state index is -1.04. The van der Waals surface area contributed by atoms with Gasteiger partial charge in [0.25, 0.3) is 5.91 Å². The van der Waals surface area contributed by atoms with Crippen molar-refractivity contribution in [2.75, 3.05) is 12.0 Å². The normalized spacial score (nSPS) is 12.2. The van der Waals surface area contributed by atoms with Crippen LogP contribution in [0.5, 0.6) is 0 Å². The van der Waals surface area contributed by atoms with Gasteiger partial charge in [-0.15, -0.1) is 0 Å². The van der Waals surface area contributed by atoms with Crippen molar-refractivity contribution in [3.05, 3.63) is 23.2 Å². The summed E-state index contributed by atoms with van der Waals surface area (Å²) >= 11 is 1.37. The highest BCUT2D eigenvalue weighted by molar-refractivity contribution is 7.98. The molecule has 0 fully saturated rings. The summed E-state index contributed by atoms with van der Waals surface area (Å²) < 4.78 is 5.22. The topological polar surface area (TPSA) is 79.5 Å². The van der Waals surface area contributed by atoms with Gasteiger partial charge in [-0.25, -0.2) is 4.79 Å². The molecule has 0 aromatic carbocycles. The van der Waals surface area contributed by atoms with Crippen molar-refractivity contribution in [3.8, 4) is 0 Å². The predicted octanol–water partition coefficient (Wildman–Crippen LogP) is 1.44. The Morgan fingerprint density at radius 3 is 2.59 bits per heavy atom. The van der Waals surface area contributed by atoms with E-state index in [1.165, 1.54) is 11.8 Å². The third-order valence-corrected chi connectivity index (χ3v) is 2.89. The van der Waals surface area contributed by atoms with Crippen molar-refractivity contribution < 1.29 is 19.1 Å². The second-order valence-corrected chi connectivity index (χ2v) is 4.56. The first-order valence-corrected chi connectivity index (χ1v) is 6.44. The van der Waals surface area contributed by atoms with Gasteiger partial charge in [0.1, 0.15) is 17.6 Å². The molecule has 2 N–H and O–H groups in total. The summed E-state index contributed by atoms with van der Waals surface area (Å²) in [6.07, 6.45) is 1.79. The first kappa shape index (κ1) is 13.6. The summed E-state index contributed by atoms with van der Waals surface area (Å²) in [6, 6.07) is 0.718. The number of carbonyl (C=O) groups is 2. The average molecular weight is 257 g/mol. The Morgan fingerprint density at radius 2 is 2.18 bits per heavy atom. The first-order chi connectivity index (χ1) is 7.95. The summed E-state index contributed by atoms with van der Waals surface area (Å²) in [5, 5.41) is 11.4. The molecular weight excluding hydrogens is 242 g/mol. The zero-order valence-electron chi connectivity index (χ0n) is 9.94. The minimum absolute atomic E-state index is 0.330. The Labute approximate surface area is 104 Å². The molecule has 6 heteroatoms. The lowest BCUT2D eigenvalue weighted by atomic mass is 10.2. The van der Waals surface area contributed by atoms with Gasteiger partial charge in [0.05, 0.1) is 5.56 Å². The van der Waals surface area contributed by atoms with Crippen LogP contribution in [0.2, 0.25) is 0 Å². The van der Waals surface area contributed by atoms with E-state index in [1.807, 2.05) is 0 Å². The van der Waals surface area contributed by atoms with Gasteiger partial charge in [-0.2, -0.15) is 11.8 Å². The van der Waals surface area contributed by atoms with Crippen LogP contribution in [0.15, 0.2) is 10.5 Å². The number of amides is 1. The molecule has 0 bridgehead atoms. The second kappa shape index (κ2) is 5.77. The number of hydrogen-bond acceptors (Lipinski definition) is 4. The van der Waals surface area contributed by atoms with Crippen LogP contribution in [-0.4, -0.2) is 35.0 Å². The van der Waals surface area contributed by atoms with Crippen molar-refractivity contribution in [2.45, 2.75) is 19.9 Å². The van der Waals surface area contributed by atoms with Crippen LogP contribution >= 0.6 is 11.8 Å². The van der Waals surface area contributed by atoms with Crippen LogP contribution in [0, 0.1) is 13.8 Å². The number of carbonyl (C=O) groups excluding carboxylic acids is 1. The van der Waals surface area contributed by atoms with Crippen molar-refractivity contribution in [2.24, 2.45) is 0 Å². The maximum atomic E-state index is 11.8. The highest BCUT2D eigenvalue weighted by atomic mass is 32.2. The van der Waals surface area contributed by atoms with Crippen LogP contribution in [0.1, 0.15) is 21.9 Å². The first-order valence-electron chi connectivity index (χ1n) is 5.05. The van der Waals surface area contributed by atoms with Crippen molar-refractivity contribution in [1.82, 2.24) is 5.32 Å². The van der Waals surface area contributed by atoms with E-state index in [4.69, 9.17) is 9.52 Å². The second-order valence-electron chi connectivity index (χ2n) is 3.65. The molecule has 1 amide bonds. The largest absolute Gasteiger partial charge is 0.480 e. The quantitative estimate of drug-likeness (QED) is 0.834. The number of rotatable bonds is 5. The molecule has 1 heterocycles. The van der Waals surface area contributed by atoms with Crippen LogP contribution in [0.4, 0.5) is 0 Å². The third kappa shape index (κ3) is 3.52. The van der Waals surface area contributed by atoms with Crippen molar-refractivity contribution in [1.29, 1.82) is 0 Å². The molecule has 17 heavy (non-hydrogen) atoms. The van der Waals surface area contributed by atoms with Gasteiger partial charge in [0.2, 0.25) is 0 Å². The molecule has 1 aromatic heterocycles. The molecule has 1 aromatic rings.